The Morgan fingerprint density at radius 1 is 1.11 bits per heavy atom. The van der Waals surface area contributed by atoms with Gasteiger partial charge in [0.15, 0.2) is 0 Å². The lowest BCUT2D eigenvalue weighted by atomic mass is 10.1. The number of rotatable bonds is 5. The first-order chi connectivity index (χ1) is 13.2. The molecule has 0 saturated heterocycles. The average Bonchev–Trinajstić information content (AvgIpc) is 3.40. The molecule has 3 aromatic heterocycles. The summed E-state index contributed by atoms with van der Waals surface area (Å²) in [5.74, 6) is -0.156. The predicted octanol–water partition coefficient (Wildman–Crippen LogP) is 4.49. The van der Waals surface area contributed by atoms with Gasteiger partial charge in [-0.3, -0.25) is 9.78 Å². The quantitative estimate of drug-likeness (QED) is 0.560. The van der Waals surface area contributed by atoms with Crippen molar-refractivity contribution in [2.24, 2.45) is 0 Å². The van der Waals surface area contributed by atoms with Crippen molar-refractivity contribution >= 4 is 17.2 Å². The van der Waals surface area contributed by atoms with Crippen molar-refractivity contribution in [2.45, 2.75) is 13.0 Å². The Morgan fingerprint density at radius 2 is 1.96 bits per heavy atom. The maximum absolute atomic E-state index is 13.0. The number of benzene rings is 1. The number of aromatic nitrogens is 3. The lowest BCUT2D eigenvalue weighted by Crippen LogP contribution is -2.26. The van der Waals surface area contributed by atoms with E-state index in [1.54, 1.807) is 34.6 Å². The molecule has 0 saturated carbocycles. The third kappa shape index (κ3) is 3.66. The molecule has 0 aliphatic rings. The van der Waals surface area contributed by atoms with Gasteiger partial charge in [0, 0.05) is 29.0 Å². The fourth-order valence-electron chi connectivity index (χ4n) is 2.85. The van der Waals surface area contributed by atoms with E-state index in [1.807, 2.05) is 66.9 Å². The first-order valence-electron chi connectivity index (χ1n) is 8.62. The number of nitrogens with one attached hydrogen (secondary N) is 1. The van der Waals surface area contributed by atoms with E-state index < -0.39 is 0 Å². The summed E-state index contributed by atoms with van der Waals surface area (Å²) >= 11 is 1.63. The van der Waals surface area contributed by atoms with Gasteiger partial charge in [-0.15, -0.1) is 11.3 Å². The highest BCUT2D eigenvalue weighted by atomic mass is 32.1. The van der Waals surface area contributed by atoms with Crippen molar-refractivity contribution in [3.8, 4) is 16.9 Å². The Kier molecular flexibility index (Phi) is 4.80. The minimum Gasteiger partial charge on any atom is -0.345 e. The second kappa shape index (κ2) is 7.55. The topological polar surface area (TPSA) is 59.8 Å². The Balaban J connectivity index is 1.72. The molecule has 0 bridgehead atoms. The number of carbonyl (C=O) groups is 1. The third-order valence-electron chi connectivity index (χ3n) is 4.23. The fraction of sp³-hybridized carbons (Fsp3) is 0.0952. The number of pyridine rings is 1. The zero-order valence-corrected chi connectivity index (χ0v) is 15.6. The van der Waals surface area contributed by atoms with Gasteiger partial charge in [0.1, 0.15) is 5.69 Å². The molecule has 1 N–H and O–H groups in total. The van der Waals surface area contributed by atoms with Crippen LogP contribution < -0.4 is 5.32 Å². The van der Waals surface area contributed by atoms with Crippen LogP contribution in [0.2, 0.25) is 0 Å². The first kappa shape index (κ1) is 17.2. The van der Waals surface area contributed by atoms with E-state index in [0.717, 1.165) is 16.1 Å². The zero-order chi connectivity index (χ0) is 18.6. The SMILES string of the molecule is CC(NC(=O)c1cn(-c2ccccc2)nc1-c1cccnc1)c1cccs1. The van der Waals surface area contributed by atoms with Crippen LogP contribution in [0.5, 0.6) is 0 Å². The molecule has 1 aromatic carbocycles. The summed E-state index contributed by atoms with van der Waals surface area (Å²) in [6.07, 6.45) is 5.20. The summed E-state index contributed by atoms with van der Waals surface area (Å²) in [4.78, 5) is 18.3. The molecule has 1 atom stereocenters. The third-order valence-corrected chi connectivity index (χ3v) is 5.29. The standard InChI is InChI=1S/C21H18N4OS/c1-15(19-10-6-12-27-19)23-21(26)18-14-25(17-8-3-2-4-9-17)24-20(18)16-7-5-11-22-13-16/h2-15H,1H3,(H,23,26). The molecule has 1 amide bonds. The van der Waals surface area contributed by atoms with Gasteiger partial charge in [-0.1, -0.05) is 24.3 Å². The average molecular weight is 374 g/mol. The van der Waals surface area contributed by atoms with E-state index in [-0.39, 0.29) is 11.9 Å². The van der Waals surface area contributed by atoms with Crippen molar-refractivity contribution in [1.82, 2.24) is 20.1 Å². The maximum Gasteiger partial charge on any atom is 0.255 e. The number of para-hydroxylation sites is 1. The lowest BCUT2D eigenvalue weighted by molar-refractivity contribution is 0.0941. The van der Waals surface area contributed by atoms with E-state index in [9.17, 15) is 4.79 Å². The smallest absolute Gasteiger partial charge is 0.255 e. The molecule has 5 nitrogen and oxygen atoms in total. The molecule has 6 heteroatoms. The van der Waals surface area contributed by atoms with E-state index in [4.69, 9.17) is 0 Å². The highest BCUT2D eigenvalue weighted by Gasteiger charge is 2.20. The minimum atomic E-state index is -0.156. The summed E-state index contributed by atoms with van der Waals surface area (Å²) in [7, 11) is 0. The van der Waals surface area contributed by atoms with Crippen LogP contribution in [0.25, 0.3) is 16.9 Å². The molecule has 0 aliphatic heterocycles. The molecule has 1 unspecified atom stereocenters. The summed E-state index contributed by atoms with van der Waals surface area (Å²) in [6.45, 7) is 1.98. The van der Waals surface area contributed by atoms with Gasteiger partial charge >= 0.3 is 0 Å². The molecule has 4 rings (SSSR count). The Morgan fingerprint density at radius 3 is 2.67 bits per heavy atom. The molecule has 4 aromatic rings. The number of thiophene rings is 1. The monoisotopic (exact) mass is 374 g/mol. The van der Waals surface area contributed by atoms with Gasteiger partial charge in [0.25, 0.3) is 5.91 Å². The van der Waals surface area contributed by atoms with Crippen molar-refractivity contribution in [1.29, 1.82) is 0 Å². The van der Waals surface area contributed by atoms with Crippen molar-refractivity contribution in [3.63, 3.8) is 0 Å². The maximum atomic E-state index is 13.0. The predicted molar refractivity (Wildman–Crippen MR) is 107 cm³/mol. The van der Waals surface area contributed by atoms with Crippen LogP contribution in [0.4, 0.5) is 0 Å². The lowest BCUT2D eigenvalue weighted by Gasteiger charge is -2.12. The highest BCUT2D eigenvalue weighted by Crippen LogP contribution is 2.25. The molecule has 0 fully saturated rings. The summed E-state index contributed by atoms with van der Waals surface area (Å²) < 4.78 is 1.73. The van der Waals surface area contributed by atoms with Crippen molar-refractivity contribution in [2.75, 3.05) is 0 Å². The second-order valence-electron chi connectivity index (χ2n) is 6.12. The van der Waals surface area contributed by atoms with Gasteiger partial charge in [-0.05, 0) is 42.6 Å². The Labute approximate surface area is 161 Å². The van der Waals surface area contributed by atoms with Crippen LogP contribution in [0, 0.1) is 0 Å². The van der Waals surface area contributed by atoms with E-state index in [1.165, 1.54) is 0 Å². The van der Waals surface area contributed by atoms with Crippen LogP contribution in [-0.4, -0.2) is 20.7 Å². The normalized spacial score (nSPS) is 11.9. The minimum absolute atomic E-state index is 0.0701. The molecule has 27 heavy (non-hydrogen) atoms. The fourth-order valence-corrected chi connectivity index (χ4v) is 3.59. The summed E-state index contributed by atoms with van der Waals surface area (Å²) in [6, 6.07) is 17.4. The Hall–Kier alpha value is -3.25. The molecule has 0 aliphatic carbocycles. The Bertz CT molecular complexity index is 1030. The van der Waals surface area contributed by atoms with Gasteiger partial charge in [0.2, 0.25) is 0 Å². The molecule has 0 radical (unpaired) electrons. The number of hydrogen-bond acceptors (Lipinski definition) is 4. The number of amides is 1. The molecular formula is C21H18N4OS. The second-order valence-corrected chi connectivity index (χ2v) is 7.10. The van der Waals surface area contributed by atoms with Gasteiger partial charge in [-0.2, -0.15) is 5.10 Å². The van der Waals surface area contributed by atoms with Crippen LogP contribution >= 0.6 is 11.3 Å². The van der Waals surface area contributed by atoms with E-state index >= 15 is 0 Å². The number of hydrogen-bond donors (Lipinski definition) is 1. The van der Waals surface area contributed by atoms with Crippen LogP contribution in [-0.2, 0) is 0 Å². The summed E-state index contributed by atoms with van der Waals surface area (Å²) in [5, 5.41) is 9.74. The van der Waals surface area contributed by atoms with Crippen molar-refractivity contribution < 1.29 is 4.79 Å². The summed E-state index contributed by atoms with van der Waals surface area (Å²) in [5.41, 5.74) is 2.84. The highest BCUT2D eigenvalue weighted by molar-refractivity contribution is 7.10. The van der Waals surface area contributed by atoms with Crippen molar-refractivity contribution in [3.05, 3.63) is 89.0 Å². The van der Waals surface area contributed by atoms with Gasteiger partial charge < -0.3 is 5.32 Å². The van der Waals surface area contributed by atoms with Gasteiger partial charge in [-0.25, -0.2) is 4.68 Å². The molecule has 3 heterocycles. The zero-order valence-electron chi connectivity index (χ0n) is 14.7. The first-order valence-corrected chi connectivity index (χ1v) is 9.50. The largest absolute Gasteiger partial charge is 0.345 e. The van der Waals surface area contributed by atoms with E-state index in [2.05, 4.69) is 15.4 Å². The number of carbonyl (C=O) groups excluding carboxylic acids is 1. The van der Waals surface area contributed by atoms with E-state index in [0.29, 0.717) is 11.3 Å². The van der Waals surface area contributed by atoms with Crippen LogP contribution in [0.15, 0.2) is 78.6 Å². The molecular weight excluding hydrogens is 356 g/mol. The molecule has 134 valence electrons. The number of nitrogens with zero attached hydrogens (tertiary/aromatic N) is 3. The molecule has 0 spiro atoms. The van der Waals surface area contributed by atoms with Gasteiger partial charge in [0.05, 0.1) is 17.3 Å². The van der Waals surface area contributed by atoms with Crippen LogP contribution in [0.1, 0.15) is 28.2 Å². The van der Waals surface area contributed by atoms with Crippen LogP contribution in [0.3, 0.4) is 0 Å².